The third-order valence-electron chi connectivity index (χ3n) is 1.69. The molecule has 1 N–H and O–H groups in total. The molecule has 106 valence electrons. The Morgan fingerprint density at radius 2 is 1.68 bits per heavy atom. The topological polar surface area (TPSA) is 55.4 Å². The first-order valence-corrected chi connectivity index (χ1v) is 6.18. The number of nitrogens with one attached hydrogen (secondary N) is 1. The summed E-state index contributed by atoms with van der Waals surface area (Å²) >= 11 is 0. The molecular weight excluding hydrogens is 237 g/mol. The molecule has 0 fully saturated rings. The van der Waals surface area contributed by atoms with E-state index in [9.17, 15) is 9.59 Å². The maximum atomic E-state index is 11.4. The van der Waals surface area contributed by atoms with Crippen LogP contribution in [0.2, 0.25) is 0 Å². The quantitative estimate of drug-likeness (QED) is 0.308. The monoisotopic (exact) mass is 263 g/mol. The first-order chi connectivity index (χ1) is 8.26. The van der Waals surface area contributed by atoms with E-state index in [1.165, 1.54) is 5.92 Å². The van der Waals surface area contributed by atoms with E-state index in [1.807, 2.05) is 0 Å². The van der Waals surface area contributed by atoms with E-state index in [2.05, 4.69) is 32.7 Å². The molecule has 1 atom stereocenters. The molecule has 4 nitrogen and oxygen atoms in total. The van der Waals surface area contributed by atoms with Gasteiger partial charge in [0.05, 0.1) is 12.6 Å². The van der Waals surface area contributed by atoms with Crippen LogP contribution in [-0.4, -0.2) is 24.3 Å². The molecule has 1 amide bonds. The van der Waals surface area contributed by atoms with Crippen molar-refractivity contribution < 1.29 is 33.2 Å². The molecule has 0 heterocycles. The van der Waals surface area contributed by atoms with Gasteiger partial charge in [-0.15, -0.1) is 0 Å². The summed E-state index contributed by atoms with van der Waals surface area (Å²) in [5.41, 5.74) is 0. The average molecular weight is 263 g/mol. The Balaban J connectivity index is -0.000000448. The van der Waals surface area contributed by atoms with Crippen molar-refractivity contribution in [3.8, 4) is 0 Å². The number of ether oxygens (including phenoxy) is 1. The smallest absolute Gasteiger partial charge is 0.491 e. The van der Waals surface area contributed by atoms with Gasteiger partial charge in [-0.3, -0.25) is 9.59 Å². The van der Waals surface area contributed by atoms with Crippen LogP contribution >= 0.6 is 0 Å². The molecule has 0 bridgehead atoms. The zero-order valence-corrected chi connectivity index (χ0v) is 13.4. The molecule has 0 saturated heterocycles. The van der Waals surface area contributed by atoms with E-state index in [0.29, 0.717) is 13.0 Å². The van der Waals surface area contributed by atoms with Crippen LogP contribution in [-0.2, 0) is 14.3 Å². The van der Waals surface area contributed by atoms with Crippen molar-refractivity contribution in [2.75, 3.05) is 6.61 Å². The molecule has 19 heavy (non-hydrogen) atoms. The molecule has 0 aliphatic carbocycles. The maximum absolute atomic E-state index is 11.4. The number of carbonyl (C=O) groups is 2. The first-order valence-electron chi connectivity index (χ1n) is 6.18. The minimum Gasteiger partial charge on any atom is -0.491 e. The van der Waals surface area contributed by atoms with E-state index in [1.54, 1.807) is 20.8 Å². The standard InChI is InChI=1S/C10H17NO3.C4H9.Li/c1-5-9(12)11-7(3)10(13)8(4)14-6-2;1-4(2)3;/h7H,4-6H2,1-3H3,(H,11,12);1-3H3;/q;-1;+1. The average Bonchev–Trinajstić information content (AvgIpc) is 2.27. The molecule has 0 rings (SSSR count). The summed E-state index contributed by atoms with van der Waals surface area (Å²) in [4.78, 5) is 22.4. The van der Waals surface area contributed by atoms with Gasteiger partial charge in [-0.2, -0.15) is 20.8 Å². The van der Waals surface area contributed by atoms with Gasteiger partial charge in [-0.25, -0.2) is 0 Å². The largest absolute Gasteiger partial charge is 1.00 e. The van der Waals surface area contributed by atoms with Crippen LogP contribution in [0, 0.1) is 5.92 Å². The zero-order valence-electron chi connectivity index (χ0n) is 13.4. The molecule has 0 radical (unpaired) electrons. The second-order valence-corrected chi connectivity index (χ2v) is 4.36. The van der Waals surface area contributed by atoms with Crippen molar-refractivity contribution in [1.82, 2.24) is 5.32 Å². The van der Waals surface area contributed by atoms with Crippen LogP contribution < -0.4 is 24.2 Å². The van der Waals surface area contributed by atoms with Crippen LogP contribution in [0.3, 0.4) is 0 Å². The van der Waals surface area contributed by atoms with Crippen molar-refractivity contribution in [2.45, 2.75) is 54.0 Å². The van der Waals surface area contributed by atoms with Crippen LogP contribution in [0.4, 0.5) is 0 Å². The van der Waals surface area contributed by atoms with Gasteiger partial charge >= 0.3 is 18.9 Å². The van der Waals surface area contributed by atoms with Gasteiger partial charge in [0.25, 0.3) is 0 Å². The van der Waals surface area contributed by atoms with Crippen molar-refractivity contribution in [1.29, 1.82) is 0 Å². The number of amides is 1. The Kier molecular flexibility index (Phi) is 16.9. The number of ketones is 1. The minimum atomic E-state index is -0.568. The van der Waals surface area contributed by atoms with E-state index in [-0.39, 0.29) is 36.3 Å². The molecular formula is C14H26LiNO3. The van der Waals surface area contributed by atoms with Crippen molar-refractivity contribution in [3.63, 3.8) is 0 Å². The fourth-order valence-corrected chi connectivity index (χ4v) is 0.896. The Morgan fingerprint density at radius 1 is 1.26 bits per heavy atom. The SMILES string of the molecule is C=C(OCC)C(=O)C(C)NC(=O)CC.C[C-](C)C.[Li+]. The van der Waals surface area contributed by atoms with Crippen LogP contribution in [0.25, 0.3) is 0 Å². The molecule has 0 aromatic rings. The molecule has 0 aromatic carbocycles. The molecule has 5 heteroatoms. The van der Waals surface area contributed by atoms with Crippen molar-refractivity contribution >= 4 is 11.7 Å². The Labute approximate surface area is 129 Å². The van der Waals surface area contributed by atoms with Crippen LogP contribution in [0.1, 0.15) is 48.0 Å². The summed E-state index contributed by atoms with van der Waals surface area (Å²) in [5, 5.41) is 2.54. The molecule has 0 aromatic heterocycles. The minimum absolute atomic E-state index is 0. The van der Waals surface area contributed by atoms with Gasteiger partial charge in [-0.05, 0) is 13.8 Å². The number of hydrogen-bond donors (Lipinski definition) is 1. The predicted molar refractivity (Wildman–Crippen MR) is 73.9 cm³/mol. The van der Waals surface area contributed by atoms with Gasteiger partial charge in [0, 0.05) is 6.42 Å². The number of rotatable bonds is 6. The van der Waals surface area contributed by atoms with Gasteiger partial charge in [0.15, 0.2) is 5.76 Å². The maximum Gasteiger partial charge on any atom is 1.00 e. The summed E-state index contributed by atoms with van der Waals surface area (Å²) in [6.45, 7) is 15.2. The second-order valence-electron chi connectivity index (χ2n) is 4.36. The fraction of sp³-hybridized carbons (Fsp3) is 0.643. The summed E-state index contributed by atoms with van der Waals surface area (Å²) in [5.74, 6) is 1.07. The van der Waals surface area contributed by atoms with E-state index >= 15 is 0 Å². The molecule has 0 spiro atoms. The summed E-state index contributed by atoms with van der Waals surface area (Å²) < 4.78 is 4.94. The molecule has 0 saturated carbocycles. The second kappa shape index (κ2) is 13.7. The van der Waals surface area contributed by atoms with E-state index in [4.69, 9.17) is 4.74 Å². The molecule has 0 aliphatic heterocycles. The van der Waals surface area contributed by atoms with E-state index < -0.39 is 6.04 Å². The summed E-state index contributed by atoms with van der Waals surface area (Å²) in [6, 6.07) is -0.568. The summed E-state index contributed by atoms with van der Waals surface area (Å²) in [6.07, 6.45) is 0.360. The number of hydrogen-bond acceptors (Lipinski definition) is 3. The van der Waals surface area contributed by atoms with Gasteiger partial charge in [-0.1, -0.05) is 13.5 Å². The normalized spacial score (nSPS) is 10.5. The Morgan fingerprint density at radius 3 is 2.00 bits per heavy atom. The van der Waals surface area contributed by atoms with Gasteiger partial charge in [0.2, 0.25) is 11.7 Å². The van der Waals surface area contributed by atoms with Crippen LogP contribution in [0.5, 0.6) is 0 Å². The van der Waals surface area contributed by atoms with Crippen molar-refractivity contribution in [2.24, 2.45) is 0 Å². The molecule has 1 unspecified atom stereocenters. The Hall–Kier alpha value is -0.723. The predicted octanol–water partition coefficient (Wildman–Crippen LogP) is -0.355. The van der Waals surface area contributed by atoms with Gasteiger partial charge < -0.3 is 16.0 Å². The Bertz CT molecular complexity index is 275. The third kappa shape index (κ3) is 15.2. The fourth-order valence-electron chi connectivity index (χ4n) is 0.896. The molecule has 0 aliphatic rings. The zero-order chi connectivity index (χ0) is 14.7. The van der Waals surface area contributed by atoms with Gasteiger partial charge in [0.1, 0.15) is 0 Å². The first kappa shape index (κ1) is 23.4. The number of Topliss-reactive ketones (excluding diaryl/α,β-unsaturated/α-hetero) is 1. The van der Waals surface area contributed by atoms with Crippen LogP contribution in [0.15, 0.2) is 12.3 Å². The third-order valence-corrected chi connectivity index (χ3v) is 1.69. The number of carbonyl (C=O) groups excluding carboxylic acids is 2. The van der Waals surface area contributed by atoms with Crippen molar-refractivity contribution in [3.05, 3.63) is 18.3 Å². The van der Waals surface area contributed by atoms with E-state index in [0.717, 1.165) is 0 Å². The summed E-state index contributed by atoms with van der Waals surface area (Å²) in [7, 11) is 0.